The van der Waals surface area contributed by atoms with E-state index in [9.17, 15) is 27.2 Å². The van der Waals surface area contributed by atoms with Crippen molar-refractivity contribution in [1.82, 2.24) is 9.55 Å². The second kappa shape index (κ2) is 4.56. The van der Waals surface area contributed by atoms with E-state index in [1.807, 2.05) is 0 Å². The lowest BCUT2D eigenvalue weighted by molar-refractivity contribution is -0.231. The van der Waals surface area contributed by atoms with Crippen molar-refractivity contribution in [2.75, 3.05) is 6.61 Å². The number of aliphatic hydroxyl groups is 1. The molecule has 0 aliphatic heterocycles. The Morgan fingerprint density at radius 2 is 1.83 bits per heavy atom. The van der Waals surface area contributed by atoms with Gasteiger partial charge in [-0.15, -0.1) is 0 Å². The molecule has 1 rings (SSSR count). The monoisotopic (exact) mass is 270 g/mol. The van der Waals surface area contributed by atoms with E-state index in [-0.39, 0.29) is 10.1 Å². The average Bonchev–Trinajstić information content (AvgIpc) is 2.25. The summed E-state index contributed by atoms with van der Waals surface area (Å²) >= 11 is 0. The number of hydrogen-bond donors (Lipinski definition) is 2. The van der Waals surface area contributed by atoms with E-state index in [2.05, 4.69) is 0 Å². The first-order valence-electron chi connectivity index (χ1n) is 4.77. The molecule has 1 aromatic heterocycles. The van der Waals surface area contributed by atoms with Crippen molar-refractivity contribution in [3.05, 3.63) is 32.6 Å². The molecule has 0 aromatic carbocycles. The first-order valence-corrected chi connectivity index (χ1v) is 4.77. The largest absolute Gasteiger partial charge is 0.390 e. The first-order chi connectivity index (χ1) is 8.10. The molecule has 2 N–H and O–H groups in total. The normalized spacial score (nSPS) is 12.8. The fraction of sp³-hybridized carbons (Fsp3) is 0.556. The Kier molecular flexibility index (Phi) is 3.65. The Morgan fingerprint density at radius 3 is 2.33 bits per heavy atom. The summed E-state index contributed by atoms with van der Waals surface area (Å²) in [4.78, 5) is 23.8. The molecule has 0 amide bonds. The van der Waals surface area contributed by atoms with Crippen LogP contribution in [-0.4, -0.2) is 33.1 Å². The smallest absolute Gasteiger partial charge is 0.334 e. The van der Waals surface area contributed by atoms with Crippen LogP contribution >= 0.6 is 0 Å². The van der Waals surface area contributed by atoms with Gasteiger partial charge in [-0.2, -0.15) is 17.6 Å². The van der Waals surface area contributed by atoms with Crippen LogP contribution in [0.5, 0.6) is 0 Å². The first kappa shape index (κ1) is 14.4. The molecule has 0 aliphatic carbocycles. The summed E-state index contributed by atoms with van der Waals surface area (Å²) in [6.07, 6.45) is 0.753. The highest BCUT2D eigenvalue weighted by molar-refractivity contribution is 5.01. The highest BCUT2D eigenvalue weighted by Gasteiger charge is 2.56. The Morgan fingerprint density at radius 1 is 1.28 bits per heavy atom. The van der Waals surface area contributed by atoms with Gasteiger partial charge in [0, 0.05) is 11.8 Å². The van der Waals surface area contributed by atoms with Crippen LogP contribution in [0, 0.1) is 6.92 Å². The van der Waals surface area contributed by atoms with Gasteiger partial charge >= 0.3 is 17.5 Å². The van der Waals surface area contributed by atoms with Crippen molar-refractivity contribution in [2.45, 2.75) is 25.3 Å². The fourth-order valence-electron chi connectivity index (χ4n) is 1.18. The van der Waals surface area contributed by atoms with Crippen LogP contribution in [0.25, 0.3) is 0 Å². The Hall–Kier alpha value is -1.64. The predicted octanol–water partition coefficient (Wildman–Crippen LogP) is 0.108. The molecular weight excluding hydrogens is 260 g/mol. The lowest BCUT2D eigenvalue weighted by Crippen LogP contribution is -2.48. The maximum atomic E-state index is 13.1. The van der Waals surface area contributed by atoms with Crippen LogP contribution in [0.1, 0.15) is 5.56 Å². The van der Waals surface area contributed by atoms with Crippen LogP contribution in [0.4, 0.5) is 17.6 Å². The van der Waals surface area contributed by atoms with Crippen LogP contribution in [-0.2, 0) is 6.54 Å². The summed E-state index contributed by atoms with van der Waals surface area (Å²) in [6, 6.07) is 0. The third-order valence-corrected chi connectivity index (χ3v) is 2.29. The predicted molar refractivity (Wildman–Crippen MR) is 53.0 cm³/mol. The molecule has 0 atom stereocenters. The van der Waals surface area contributed by atoms with Crippen molar-refractivity contribution in [3.8, 4) is 0 Å². The quantitative estimate of drug-likeness (QED) is 0.762. The molecule has 9 heteroatoms. The summed E-state index contributed by atoms with van der Waals surface area (Å²) < 4.78 is 52.0. The molecule has 18 heavy (non-hydrogen) atoms. The molecule has 0 saturated heterocycles. The number of rotatable bonds is 4. The second-order valence-corrected chi connectivity index (χ2v) is 3.77. The number of aromatic amines is 1. The minimum absolute atomic E-state index is 0.0716. The van der Waals surface area contributed by atoms with E-state index in [0.29, 0.717) is 0 Å². The van der Waals surface area contributed by atoms with Gasteiger partial charge in [0.1, 0.15) is 6.61 Å². The summed E-state index contributed by atoms with van der Waals surface area (Å²) in [5, 5.41) is 8.20. The van der Waals surface area contributed by atoms with Gasteiger partial charge in [-0.1, -0.05) is 0 Å². The number of H-pyrrole nitrogens is 1. The van der Waals surface area contributed by atoms with E-state index < -0.39 is 36.2 Å². The zero-order valence-corrected chi connectivity index (χ0v) is 9.21. The molecule has 1 heterocycles. The van der Waals surface area contributed by atoms with Crippen LogP contribution < -0.4 is 11.2 Å². The topological polar surface area (TPSA) is 75.1 Å². The van der Waals surface area contributed by atoms with E-state index in [1.54, 1.807) is 4.98 Å². The molecule has 0 radical (unpaired) electrons. The average molecular weight is 270 g/mol. The van der Waals surface area contributed by atoms with Gasteiger partial charge in [0.15, 0.2) is 0 Å². The number of alkyl halides is 4. The molecule has 0 aliphatic rings. The van der Waals surface area contributed by atoms with Crippen molar-refractivity contribution in [3.63, 3.8) is 0 Å². The van der Waals surface area contributed by atoms with Gasteiger partial charge in [-0.25, -0.2) is 4.79 Å². The summed E-state index contributed by atoms with van der Waals surface area (Å²) in [5.74, 6) is -9.27. The number of hydrogen-bond acceptors (Lipinski definition) is 3. The highest BCUT2D eigenvalue weighted by atomic mass is 19.3. The minimum atomic E-state index is -4.66. The van der Waals surface area contributed by atoms with Gasteiger partial charge in [0.2, 0.25) is 0 Å². The maximum Gasteiger partial charge on any atom is 0.334 e. The lowest BCUT2D eigenvalue weighted by atomic mass is 10.2. The number of aromatic nitrogens is 2. The third kappa shape index (κ3) is 2.61. The maximum absolute atomic E-state index is 13.1. The van der Waals surface area contributed by atoms with E-state index in [1.165, 1.54) is 6.92 Å². The van der Waals surface area contributed by atoms with Crippen LogP contribution in [0.2, 0.25) is 0 Å². The minimum Gasteiger partial charge on any atom is -0.390 e. The standard InChI is InChI=1S/C9H10F4N2O3/c1-5-2-15(7(18)14-6(5)17)3-8(10,11)9(12,13)4-16/h2,16H,3-4H2,1H3,(H,14,17,18). The Labute approximate surface area is 97.7 Å². The van der Waals surface area contributed by atoms with Crippen molar-refractivity contribution in [1.29, 1.82) is 0 Å². The number of nitrogens with zero attached hydrogens (tertiary/aromatic N) is 1. The third-order valence-electron chi connectivity index (χ3n) is 2.29. The number of aryl methyl sites for hydroxylation is 1. The molecule has 0 spiro atoms. The van der Waals surface area contributed by atoms with Gasteiger partial charge in [-0.05, 0) is 6.92 Å². The van der Waals surface area contributed by atoms with Gasteiger partial charge in [0.25, 0.3) is 5.56 Å². The molecule has 102 valence electrons. The second-order valence-electron chi connectivity index (χ2n) is 3.77. The Balaban J connectivity index is 3.16. The highest BCUT2D eigenvalue weighted by Crippen LogP contribution is 2.34. The molecular formula is C9H10F4N2O3. The number of nitrogens with one attached hydrogen (secondary N) is 1. The summed E-state index contributed by atoms with van der Waals surface area (Å²) in [7, 11) is 0. The number of halogens is 4. The molecule has 5 nitrogen and oxygen atoms in total. The zero-order valence-electron chi connectivity index (χ0n) is 9.21. The number of aliphatic hydroxyl groups excluding tert-OH is 1. The summed E-state index contributed by atoms with van der Waals surface area (Å²) in [5.41, 5.74) is -2.08. The van der Waals surface area contributed by atoms with Crippen LogP contribution in [0.15, 0.2) is 15.8 Å². The van der Waals surface area contributed by atoms with Gasteiger partial charge in [0.05, 0.1) is 6.54 Å². The van der Waals surface area contributed by atoms with E-state index in [0.717, 1.165) is 6.20 Å². The van der Waals surface area contributed by atoms with Crippen LogP contribution in [0.3, 0.4) is 0 Å². The molecule has 0 unspecified atom stereocenters. The van der Waals surface area contributed by atoms with Gasteiger partial charge in [-0.3, -0.25) is 14.3 Å². The summed E-state index contributed by atoms with van der Waals surface area (Å²) in [6.45, 7) is -2.45. The van der Waals surface area contributed by atoms with E-state index >= 15 is 0 Å². The SMILES string of the molecule is Cc1cn(CC(F)(F)C(F)(F)CO)c(=O)[nH]c1=O. The van der Waals surface area contributed by atoms with Crippen molar-refractivity contribution < 1.29 is 22.7 Å². The molecule has 1 aromatic rings. The van der Waals surface area contributed by atoms with Gasteiger partial charge < -0.3 is 5.11 Å². The van der Waals surface area contributed by atoms with Crippen molar-refractivity contribution >= 4 is 0 Å². The Bertz CT molecular complexity index is 549. The molecule has 0 saturated carbocycles. The zero-order chi connectivity index (χ0) is 14.1. The molecule has 0 bridgehead atoms. The lowest BCUT2D eigenvalue weighted by Gasteiger charge is -2.25. The molecule has 0 fully saturated rings. The fourth-order valence-corrected chi connectivity index (χ4v) is 1.18. The van der Waals surface area contributed by atoms with E-state index in [4.69, 9.17) is 5.11 Å². The van der Waals surface area contributed by atoms with Crippen molar-refractivity contribution in [2.24, 2.45) is 0 Å².